The molecule has 3 N–H and O–H groups in total. The minimum atomic E-state index is -0.0174. The summed E-state index contributed by atoms with van der Waals surface area (Å²) in [5, 5.41) is 11.8. The number of hydrogen-bond acceptors (Lipinski definition) is 3. The van der Waals surface area contributed by atoms with E-state index in [-0.39, 0.29) is 5.96 Å². The van der Waals surface area contributed by atoms with Crippen molar-refractivity contribution in [3.05, 3.63) is 23.2 Å². The van der Waals surface area contributed by atoms with Crippen LogP contribution in [0.4, 0.5) is 5.69 Å². The summed E-state index contributed by atoms with van der Waals surface area (Å²) < 4.78 is 5.01. The lowest BCUT2D eigenvalue weighted by molar-refractivity contribution is 0.317. The predicted molar refractivity (Wildman–Crippen MR) is 59.8 cm³/mol. The third-order valence-corrected chi connectivity index (χ3v) is 2.26. The Morgan fingerprint density at radius 3 is 2.73 bits per heavy atom. The molecule has 1 aromatic carbocycles. The monoisotopic (exact) mass is 229 g/mol. The Labute approximate surface area is 92.7 Å². The molecule has 0 unspecified atom stereocenters. The van der Waals surface area contributed by atoms with Crippen molar-refractivity contribution in [1.82, 2.24) is 0 Å². The van der Waals surface area contributed by atoms with E-state index < -0.39 is 0 Å². The average molecular weight is 230 g/mol. The highest BCUT2D eigenvalue weighted by Gasteiger charge is 2.08. The zero-order chi connectivity index (χ0) is 11.4. The number of guanidine groups is 1. The molecule has 0 aliphatic carbocycles. The van der Waals surface area contributed by atoms with E-state index in [1.807, 2.05) is 0 Å². The number of nitrogens with two attached hydrogens (primary N) is 1. The molecule has 0 aliphatic rings. The van der Waals surface area contributed by atoms with Crippen LogP contribution >= 0.6 is 11.6 Å². The van der Waals surface area contributed by atoms with Gasteiger partial charge >= 0.3 is 0 Å². The fraction of sp³-hybridized carbons (Fsp3) is 0.222. The summed E-state index contributed by atoms with van der Waals surface area (Å²) in [5.74, 6) is 0.560. The molecule has 1 aromatic rings. The molecule has 0 amide bonds. The maximum absolute atomic E-state index is 8.50. The Balaban J connectivity index is 3.02. The highest BCUT2D eigenvalue weighted by Crippen LogP contribution is 2.28. The van der Waals surface area contributed by atoms with E-state index in [9.17, 15) is 0 Å². The van der Waals surface area contributed by atoms with Crippen molar-refractivity contribution < 1.29 is 9.94 Å². The molecule has 0 aromatic heterocycles. The van der Waals surface area contributed by atoms with Crippen LogP contribution in [0, 0.1) is 0 Å². The van der Waals surface area contributed by atoms with Gasteiger partial charge in [0.2, 0.25) is 5.96 Å². The Kier molecular flexibility index (Phi) is 3.62. The first kappa shape index (κ1) is 11.5. The number of anilines is 1. The topological polar surface area (TPSA) is 71.1 Å². The van der Waals surface area contributed by atoms with E-state index in [2.05, 4.69) is 5.16 Å². The summed E-state index contributed by atoms with van der Waals surface area (Å²) in [4.78, 5) is 1.49. The molecule has 1 rings (SSSR count). The minimum Gasteiger partial charge on any atom is -0.495 e. The maximum atomic E-state index is 8.50. The van der Waals surface area contributed by atoms with Gasteiger partial charge in [0, 0.05) is 12.7 Å². The molecule has 0 spiro atoms. The van der Waals surface area contributed by atoms with Crippen LogP contribution < -0.4 is 15.4 Å². The second-order valence-corrected chi connectivity index (χ2v) is 3.24. The van der Waals surface area contributed by atoms with Crippen LogP contribution in [-0.2, 0) is 0 Å². The van der Waals surface area contributed by atoms with E-state index in [4.69, 9.17) is 27.3 Å². The van der Waals surface area contributed by atoms with Crippen LogP contribution in [0.3, 0.4) is 0 Å². The third-order valence-electron chi connectivity index (χ3n) is 1.97. The lowest BCUT2D eigenvalue weighted by Crippen LogP contribution is -2.33. The molecule has 0 fully saturated rings. The van der Waals surface area contributed by atoms with Gasteiger partial charge in [0.1, 0.15) is 5.75 Å². The Hall–Kier alpha value is -1.62. The summed E-state index contributed by atoms with van der Waals surface area (Å²) >= 11 is 5.93. The number of nitrogens with zero attached hydrogens (tertiary/aromatic N) is 2. The second kappa shape index (κ2) is 4.75. The highest BCUT2D eigenvalue weighted by molar-refractivity contribution is 6.32. The predicted octanol–water partition coefficient (Wildman–Crippen LogP) is 1.49. The lowest BCUT2D eigenvalue weighted by atomic mass is 10.3. The molecule has 6 heteroatoms. The molecule has 0 saturated carbocycles. The summed E-state index contributed by atoms with van der Waals surface area (Å²) in [5.41, 5.74) is 6.13. The van der Waals surface area contributed by atoms with Crippen LogP contribution in [0.2, 0.25) is 5.02 Å². The number of ether oxygens (including phenoxy) is 1. The Morgan fingerprint density at radius 1 is 1.60 bits per heavy atom. The van der Waals surface area contributed by atoms with Gasteiger partial charge in [0.15, 0.2) is 0 Å². The van der Waals surface area contributed by atoms with Crippen molar-refractivity contribution >= 4 is 23.2 Å². The zero-order valence-electron chi connectivity index (χ0n) is 8.44. The Bertz CT molecular complexity index is 382. The fourth-order valence-corrected chi connectivity index (χ4v) is 1.32. The maximum Gasteiger partial charge on any atom is 0.237 e. The molecule has 82 valence electrons. The Morgan fingerprint density at radius 2 is 2.27 bits per heavy atom. The number of benzene rings is 1. The first-order valence-corrected chi connectivity index (χ1v) is 4.52. The number of hydrogen-bond donors (Lipinski definition) is 2. The van der Waals surface area contributed by atoms with Gasteiger partial charge in [-0.05, 0) is 18.2 Å². The van der Waals surface area contributed by atoms with Gasteiger partial charge < -0.3 is 20.6 Å². The first-order valence-electron chi connectivity index (χ1n) is 4.15. The standard InChI is InChI=1S/C9H12ClN3O2/c1-13(9(11)12-14)6-3-4-8(15-2)7(10)5-6/h3-5,14H,1-2H3,(H2,11,12). The number of oxime groups is 1. The third kappa shape index (κ3) is 2.44. The van der Waals surface area contributed by atoms with Crippen LogP contribution in [-0.4, -0.2) is 25.3 Å². The van der Waals surface area contributed by atoms with Gasteiger partial charge in [0.05, 0.1) is 12.1 Å². The van der Waals surface area contributed by atoms with Crippen molar-refractivity contribution in [3.8, 4) is 5.75 Å². The number of halogens is 1. The van der Waals surface area contributed by atoms with Gasteiger partial charge in [-0.15, -0.1) is 0 Å². The molecule has 15 heavy (non-hydrogen) atoms. The van der Waals surface area contributed by atoms with Gasteiger partial charge in [-0.25, -0.2) is 0 Å². The largest absolute Gasteiger partial charge is 0.495 e. The molecule has 0 heterocycles. The SMILES string of the molecule is COc1ccc(N(C)/C(N)=N/O)cc1Cl. The van der Waals surface area contributed by atoms with Crippen molar-refractivity contribution in [2.45, 2.75) is 0 Å². The molecule has 0 saturated heterocycles. The van der Waals surface area contributed by atoms with Gasteiger partial charge in [-0.1, -0.05) is 16.8 Å². The van der Waals surface area contributed by atoms with Gasteiger partial charge in [-0.2, -0.15) is 0 Å². The molecular formula is C9H12ClN3O2. The summed E-state index contributed by atoms with van der Waals surface area (Å²) in [7, 11) is 3.20. The molecule has 0 atom stereocenters. The van der Waals surface area contributed by atoms with Crippen LogP contribution in [0.25, 0.3) is 0 Å². The van der Waals surface area contributed by atoms with Crippen molar-refractivity contribution in [1.29, 1.82) is 0 Å². The minimum absolute atomic E-state index is 0.0174. The molecular weight excluding hydrogens is 218 g/mol. The molecule has 0 aliphatic heterocycles. The molecule has 0 radical (unpaired) electrons. The van der Waals surface area contributed by atoms with Crippen molar-refractivity contribution in [2.75, 3.05) is 19.1 Å². The van der Waals surface area contributed by atoms with Crippen LogP contribution in [0.15, 0.2) is 23.4 Å². The quantitative estimate of drug-likeness (QED) is 0.349. The van der Waals surface area contributed by atoms with Crippen LogP contribution in [0.1, 0.15) is 0 Å². The van der Waals surface area contributed by atoms with E-state index in [1.54, 1.807) is 25.2 Å². The summed E-state index contributed by atoms with van der Waals surface area (Å²) in [6.45, 7) is 0. The van der Waals surface area contributed by atoms with E-state index in [1.165, 1.54) is 12.0 Å². The normalized spacial score (nSPS) is 11.3. The summed E-state index contributed by atoms with van der Waals surface area (Å²) in [6.07, 6.45) is 0. The van der Waals surface area contributed by atoms with E-state index in [0.29, 0.717) is 16.5 Å². The van der Waals surface area contributed by atoms with E-state index >= 15 is 0 Å². The summed E-state index contributed by atoms with van der Waals surface area (Å²) in [6, 6.07) is 5.13. The zero-order valence-corrected chi connectivity index (χ0v) is 9.19. The number of rotatable bonds is 2. The molecule has 0 bridgehead atoms. The van der Waals surface area contributed by atoms with E-state index in [0.717, 1.165) is 0 Å². The lowest BCUT2D eigenvalue weighted by Gasteiger charge is -2.17. The number of methoxy groups -OCH3 is 1. The first-order chi connectivity index (χ1) is 7.10. The smallest absolute Gasteiger partial charge is 0.237 e. The van der Waals surface area contributed by atoms with Crippen molar-refractivity contribution in [3.63, 3.8) is 0 Å². The van der Waals surface area contributed by atoms with Gasteiger partial charge in [0.25, 0.3) is 0 Å². The average Bonchev–Trinajstić information content (AvgIpc) is 2.26. The second-order valence-electron chi connectivity index (χ2n) is 2.84. The molecule has 5 nitrogen and oxygen atoms in total. The fourth-order valence-electron chi connectivity index (χ4n) is 1.06. The van der Waals surface area contributed by atoms with Gasteiger partial charge in [-0.3, -0.25) is 0 Å². The van der Waals surface area contributed by atoms with Crippen LogP contribution in [0.5, 0.6) is 5.75 Å². The highest BCUT2D eigenvalue weighted by atomic mass is 35.5. The van der Waals surface area contributed by atoms with Crippen molar-refractivity contribution in [2.24, 2.45) is 10.9 Å².